The van der Waals surface area contributed by atoms with E-state index in [9.17, 15) is 18.0 Å². The number of nitrogens with one attached hydrogen (secondary N) is 1. The molecule has 8 nitrogen and oxygen atoms in total. The van der Waals surface area contributed by atoms with E-state index in [1.807, 2.05) is 51.1 Å². The predicted octanol–water partition coefficient (Wildman–Crippen LogP) is 4.66. The highest BCUT2D eigenvalue weighted by molar-refractivity contribution is 7.92. The Kier molecular flexibility index (Phi) is 12.4. The van der Waals surface area contributed by atoms with E-state index in [2.05, 4.69) is 5.32 Å². The minimum absolute atomic E-state index is 0.00210. The molecule has 0 aliphatic rings. The van der Waals surface area contributed by atoms with E-state index < -0.39 is 16.1 Å². The lowest BCUT2D eigenvalue weighted by atomic mass is 10.1. The summed E-state index contributed by atoms with van der Waals surface area (Å²) in [5, 5.41) is 3.29. The number of benzene rings is 2. The Labute approximate surface area is 232 Å². The number of carbonyl (C=O) groups is 2. The zero-order chi connectivity index (χ0) is 28.3. The molecule has 0 heterocycles. The van der Waals surface area contributed by atoms with E-state index >= 15 is 0 Å². The third-order valence-electron chi connectivity index (χ3n) is 6.45. The number of hydrogen-bond donors (Lipinski definition) is 1. The summed E-state index contributed by atoms with van der Waals surface area (Å²) in [7, 11) is -2.14. The molecule has 38 heavy (non-hydrogen) atoms. The van der Waals surface area contributed by atoms with Gasteiger partial charge in [-0.25, -0.2) is 8.42 Å². The molecule has 2 amide bonds. The van der Waals surface area contributed by atoms with Crippen LogP contribution in [0.5, 0.6) is 5.75 Å². The number of ether oxygens (including phenoxy) is 1. The van der Waals surface area contributed by atoms with Crippen molar-refractivity contribution in [3.8, 4) is 5.75 Å². The second-order valence-electron chi connectivity index (χ2n) is 9.32. The van der Waals surface area contributed by atoms with Crippen molar-refractivity contribution in [1.82, 2.24) is 10.2 Å². The molecule has 2 atom stereocenters. The smallest absolute Gasteiger partial charge is 0.243 e. The van der Waals surface area contributed by atoms with Gasteiger partial charge in [0.2, 0.25) is 21.8 Å². The first-order chi connectivity index (χ1) is 18.0. The second kappa shape index (κ2) is 15.0. The van der Waals surface area contributed by atoms with E-state index in [4.69, 9.17) is 16.3 Å². The molecule has 2 rings (SSSR count). The highest BCUT2D eigenvalue weighted by atomic mass is 35.5. The number of rotatable bonds is 15. The molecule has 2 aromatic carbocycles. The van der Waals surface area contributed by atoms with Crippen molar-refractivity contribution >= 4 is 39.1 Å². The van der Waals surface area contributed by atoms with Gasteiger partial charge in [0.05, 0.1) is 24.1 Å². The molecule has 0 saturated carbocycles. The van der Waals surface area contributed by atoms with Gasteiger partial charge >= 0.3 is 0 Å². The SMILES string of the molecule is CC[C@H](C)NC(=O)[C@H](CC)N(CCc1ccccc1)C(=O)CCCN(c1ccc(OC)c(Cl)c1)S(C)(=O)=O. The maximum atomic E-state index is 13.5. The summed E-state index contributed by atoms with van der Waals surface area (Å²) >= 11 is 6.22. The number of nitrogens with zero attached hydrogens (tertiary/aromatic N) is 2. The van der Waals surface area contributed by atoms with Gasteiger partial charge in [0.1, 0.15) is 11.8 Å². The maximum absolute atomic E-state index is 13.5. The highest BCUT2D eigenvalue weighted by Gasteiger charge is 2.29. The van der Waals surface area contributed by atoms with Gasteiger partial charge in [0.25, 0.3) is 0 Å². The highest BCUT2D eigenvalue weighted by Crippen LogP contribution is 2.30. The average Bonchev–Trinajstić information content (AvgIpc) is 2.88. The lowest BCUT2D eigenvalue weighted by Crippen LogP contribution is -2.51. The standard InChI is InChI=1S/C28H40ClN3O5S/c1-6-21(3)30-28(34)25(7-2)31(19-17-22-12-9-8-10-13-22)27(33)14-11-18-32(38(5,35)36)23-15-16-26(37-4)24(29)20-23/h8-10,12-13,15-16,20-21,25H,6-7,11,14,17-19H2,1-5H3,(H,30,34)/t21-,25-/m0/s1. The van der Waals surface area contributed by atoms with Crippen molar-refractivity contribution in [3.05, 3.63) is 59.1 Å². The van der Waals surface area contributed by atoms with Crippen LogP contribution in [0.1, 0.15) is 52.0 Å². The molecule has 0 aromatic heterocycles. The first-order valence-corrected chi connectivity index (χ1v) is 15.2. The molecule has 0 aliphatic heterocycles. The molecule has 0 spiro atoms. The Hall–Kier alpha value is -2.78. The Balaban J connectivity index is 2.19. The second-order valence-corrected chi connectivity index (χ2v) is 11.6. The van der Waals surface area contributed by atoms with Crippen LogP contribution in [0.4, 0.5) is 5.69 Å². The topological polar surface area (TPSA) is 96.0 Å². The van der Waals surface area contributed by atoms with Crippen LogP contribution in [-0.4, -0.2) is 63.7 Å². The van der Waals surface area contributed by atoms with E-state index in [1.54, 1.807) is 17.0 Å². The number of amides is 2. The number of carbonyl (C=O) groups excluding carboxylic acids is 2. The number of halogens is 1. The van der Waals surface area contributed by atoms with E-state index in [0.29, 0.717) is 35.8 Å². The molecule has 0 unspecified atom stereocenters. The summed E-state index contributed by atoms with van der Waals surface area (Å²) in [6.07, 6.45) is 3.36. The minimum atomic E-state index is -3.62. The molecule has 0 bridgehead atoms. The molecule has 2 aromatic rings. The first-order valence-electron chi connectivity index (χ1n) is 13.0. The molecular weight excluding hydrogens is 526 g/mol. The molecule has 0 fully saturated rings. The van der Waals surface area contributed by atoms with Gasteiger partial charge in [-0.15, -0.1) is 0 Å². The third-order valence-corrected chi connectivity index (χ3v) is 7.94. The summed E-state index contributed by atoms with van der Waals surface area (Å²) in [6.45, 7) is 6.30. The lowest BCUT2D eigenvalue weighted by Gasteiger charge is -2.32. The molecule has 1 N–H and O–H groups in total. The number of hydrogen-bond acceptors (Lipinski definition) is 5. The largest absolute Gasteiger partial charge is 0.495 e. The van der Waals surface area contributed by atoms with Crippen molar-refractivity contribution in [1.29, 1.82) is 0 Å². The zero-order valence-corrected chi connectivity index (χ0v) is 24.5. The normalized spacial score (nSPS) is 12.9. The predicted molar refractivity (Wildman–Crippen MR) is 153 cm³/mol. The van der Waals surface area contributed by atoms with Crippen molar-refractivity contribution in [2.24, 2.45) is 0 Å². The van der Waals surface area contributed by atoms with Crippen LogP contribution in [0.25, 0.3) is 0 Å². The molecular formula is C28H40ClN3O5S. The fourth-order valence-corrected chi connectivity index (χ4v) is 5.36. The van der Waals surface area contributed by atoms with Crippen molar-refractivity contribution in [2.75, 3.05) is 30.8 Å². The van der Waals surface area contributed by atoms with E-state index in [0.717, 1.165) is 18.2 Å². The number of anilines is 1. The van der Waals surface area contributed by atoms with Crippen molar-refractivity contribution in [3.63, 3.8) is 0 Å². The van der Waals surface area contributed by atoms with Gasteiger partial charge in [-0.1, -0.05) is 55.8 Å². The van der Waals surface area contributed by atoms with Crippen LogP contribution in [0.2, 0.25) is 5.02 Å². The maximum Gasteiger partial charge on any atom is 0.243 e. The summed E-state index contributed by atoms with van der Waals surface area (Å²) in [5.74, 6) is 0.0802. The fourth-order valence-electron chi connectivity index (χ4n) is 4.15. The summed E-state index contributed by atoms with van der Waals surface area (Å²) in [5.41, 5.74) is 1.47. The van der Waals surface area contributed by atoms with E-state index in [1.165, 1.54) is 17.5 Å². The van der Waals surface area contributed by atoms with Crippen LogP contribution < -0.4 is 14.4 Å². The Bertz CT molecular complexity index is 1160. The Morgan fingerprint density at radius 1 is 1.05 bits per heavy atom. The molecule has 0 radical (unpaired) electrons. The Morgan fingerprint density at radius 3 is 2.29 bits per heavy atom. The lowest BCUT2D eigenvalue weighted by molar-refractivity contribution is -0.141. The van der Waals surface area contributed by atoms with Crippen molar-refractivity contribution < 1.29 is 22.7 Å². The van der Waals surface area contributed by atoms with Crippen LogP contribution in [0.3, 0.4) is 0 Å². The van der Waals surface area contributed by atoms with Gasteiger partial charge in [-0.2, -0.15) is 0 Å². The quantitative estimate of drug-likeness (QED) is 0.339. The van der Waals surface area contributed by atoms with Gasteiger partial charge in [0, 0.05) is 25.6 Å². The summed E-state index contributed by atoms with van der Waals surface area (Å²) < 4.78 is 31.5. The van der Waals surface area contributed by atoms with Gasteiger partial charge in [-0.05, 0) is 56.4 Å². The first kappa shape index (κ1) is 31.4. The monoisotopic (exact) mass is 565 g/mol. The molecule has 210 valence electrons. The number of methoxy groups -OCH3 is 1. The molecule has 0 aliphatic carbocycles. The van der Waals surface area contributed by atoms with Crippen LogP contribution in [0.15, 0.2) is 48.5 Å². The molecule has 0 saturated heterocycles. The van der Waals surface area contributed by atoms with Crippen molar-refractivity contribution in [2.45, 2.75) is 65.0 Å². The third kappa shape index (κ3) is 9.20. The van der Waals surface area contributed by atoms with Crippen LogP contribution in [0, 0.1) is 0 Å². The Morgan fingerprint density at radius 2 is 1.74 bits per heavy atom. The average molecular weight is 566 g/mol. The molecule has 10 heteroatoms. The van der Waals surface area contributed by atoms with Crippen LogP contribution in [-0.2, 0) is 26.0 Å². The van der Waals surface area contributed by atoms with Gasteiger partial charge in [0.15, 0.2) is 0 Å². The zero-order valence-electron chi connectivity index (χ0n) is 22.9. The van der Waals surface area contributed by atoms with Crippen LogP contribution >= 0.6 is 11.6 Å². The summed E-state index contributed by atoms with van der Waals surface area (Å²) in [4.78, 5) is 28.2. The number of sulfonamides is 1. The van der Waals surface area contributed by atoms with Gasteiger partial charge < -0.3 is 15.0 Å². The minimum Gasteiger partial charge on any atom is -0.495 e. The van der Waals surface area contributed by atoms with E-state index in [-0.39, 0.29) is 37.2 Å². The summed E-state index contributed by atoms with van der Waals surface area (Å²) in [6, 6.07) is 14.0. The fraction of sp³-hybridized carbons (Fsp3) is 0.500. The van der Waals surface area contributed by atoms with Gasteiger partial charge in [-0.3, -0.25) is 13.9 Å².